The molecule has 1 saturated heterocycles. The number of nitrogens with zero attached hydrogens (tertiary/aromatic N) is 3. The van der Waals surface area contributed by atoms with Gasteiger partial charge in [0, 0.05) is 12.6 Å². The Bertz CT molecular complexity index is 835. The summed E-state index contributed by atoms with van der Waals surface area (Å²) in [5.41, 5.74) is 0.139. The minimum atomic E-state index is -4.18. The molecule has 0 aliphatic carbocycles. The van der Waals surface area contributed by atoms with Crippen LogP contribution in [0.25, 0.3) is 0 Å². The zero-order valence-electron chi connectivity index (χ0n) is 13.6. The molecule has 0 spiro atoms. The molecule has 1 aliphatic heterocycles. The molecular formula is C15H17F2N3O4S. The Balaban J connectivity index is 1.87. The van der Waals surface area contributed by atoms with E-state index in [1.807, 2.05) is 0 Å². The summed E-state index contributed by atoms with van der Waals surface area (Å²) in [4.78, 5) is 3.69. The van der Waals surface area contributed by atoms with E-state index in [2.05, 4.69) is 10.1 Å². The van der Waals surface area contributed by atoms with Crippen LogP contribution in [-0.2, 0) is 10.0 Å². The number of hydrogen-bond donors (Lipinski definition) is 0. The van der Waals surface area contributed by atoms with Gasteiger partial charge < -0.3 is 9.26 Å². The number of rotatable bonds is 5. The number of sulfonamides is 1. The lowest BCUT2D eigenvalue weighted by atomic mass is 10.2. The Morgan fingerprint density at radius 1 is 1.44 bits per heavy atom. The van der Waals surface area contributed by atoms with E-state index in [9.17, 15) is 17.2 Å². The van der Waals surface area contributed by atoms with Crippen molar-refractivity contribution in [3.8, 4) is 5.75 Å². The van der Waals surface area contributed by atoms with Crippen LogP contribution < -0.4 is 4.74 Å². The van der Waals surface area contributed by atoms with Gasteiger partial charge in [-0.25, -0.2) is 17.2 Å². The maximum absolute atomic E-state index is 13.9. The molecule has 1 fully saturated rings. The van der Waals surface area contributed by atoms with Gasteiger partial charge >= 0.3 is 0 Å². The largest absolute Gasteiger partial charge is 0.490 e. The van der Waals surface area contributed by atoms with E-state index in [4.69, 9.17) is 9.26 Å². The number of halogens is 2. The molecule has 25 heavy (non-hydrogen) atoms. The van der Waals surface area contributed by atoms with Crippen molar-refractivity contribution >= 4 is 10.0 Å². The number of aryl methyl sites for hydroxylation is 2. The third-order valence-electron chi connectivity index (χ3n) is 3.94. The average molecular weight is 373 g/mol. The fourth-order valence-electron chi connectivity index (χ4n) is 2.88. The quantitative estimate of drug-likeness (QED) is 0.798. The minimum absolute atomic E-state index is 0.0691. The number of aromatic nitrogens is 2. The molecule has 0 unspecified atom stereocenters. The van der Waals surface area contributed by atoms with Crippen LogP contribution in [0.2, 0.25) is 0 Å². The third-order valence-corrected chi connectivity index (χ3v) is 6.08. The fraction of sp³-hybridized carbons (Fsp3) is 0.467. The van der Waals surface area contributed by atoms with E-state index < -0.39 is 35.0 Å². The summed E-state index contributed by atoms with van der Waals surface area (Å²) in [5.74, 6) is -2.68. The molecule has 0 aromatic carbocycles. The van der Waals surface area contributed by atoms with Crippen LogP contribution in [0.5, 0.6) is 5.75 Å². The second-order valence-electron chi connectivity index (χ2n) is 5.92. The summed E-state index contributed by atoms with van der Waals surface area (Å²) in [5, 5.41) is 3.60. The molecule has 0 amide bonds. The van der Waals surface area contributed by atoms with Gasteiger partial charge in [0.1, 0.15) is 22.9 Å². The molecule has 1 aliphatic rings. The molecule has 0 N–H and O–H groups in total. The van der Waals surface area contributed by atoms with E-state index in [0.29, 0.717) is 5.75 Å². The molecule has 2 aromatic heterocycles. The second-order valence-corrected chi connectivity index (χ2v) is 7.74. The van der Waals surface area contributed by atoms with Crippen molar-refractivity contribution in [1.82, 2.24) is 14.4 Å². The van der Waals surface area contributed by atoms with Crippen molar-refractivity contribution in [3.05, 3.63) is 36.0 Å². The van der Waals surface area contributed by atoms with Crippen LogP contribution in [0.4, 0.5) is 8.78 Å². The Labute approximate surface area is 143 Å². The number of alkyl halides is 2. The minimum Gasteiger partial charge on any atom is -0.490 e. The summed E-state index contributed by atoms with van der Waals surface area (Å²) >= 11 is 0. The first-order chi connectivity index (χ1) is 11.7. The van der Waals surface area contributed by atoms with Crippen molar-refractivity contribution in [3.63, 3.8) is 0 Å². The lowest BCUT2D eigenvalue weighted by molar-refractivity contribution is 0.0163. The third kappa shape index (κ3) is 3.49. The highest BCUT2D eigenvalue weighted by atomic mass is 32.2. The molecule has 0 saturated carbocycles. The van der Waals surface area contributed by atoms with E-state index in [1.165, 1.54) is 20.0 Å². The van der Waals surface area contributed by atoms with E-state index in [-0.39, 0.29) is 23.0 Å². The first-order valence-corrected chi connectivity index (χ1v) is 9.00. The van der Waals surface area contributed by atoms with Crippen molar-refractivity contribution in [2.75, 3.05) is 13.2 Å². The van der Waals surface area contributed by atoms with Gasteiger partial charge in [0.2, 0.25) is 10.0 Å². The Morgan fingerprint density at radius 2 is 2.20 bits per heavy atom. The normalized spacial score (nSPS) is 20.7. The van der Waals surface area contributed by atoms with Gasteiger partial charge in [-0.05, 0) is 26.0 Å². The molecule has 10 heteroatoms. The lowest BCUT2D eigenvalue weighted by Crippen LogP contribution is -2.39. The number of pyridine rings is 1. The average Bonchev–Trinajstić information content (AvgIpc) is 3.05. The highest BCUT2D eigenvalue weighted by Crippen LogP contribution is 2.37. The maximum atomic E-state index is 13.9. The van der Waals surface area contributed by atoms with Gasteiger partial charge in [0.05, 0.1) is 18.8 Å². The Morgan fingerprint density at radius 3 is 2.80 bits per heavy atom. The van der Waals surface area contributed by atoms with Crippen LogP contribution in [0.3, 0.4) is 0 Å². The van der Waals surface area contributed by atoms with Crippen molar-refractivity contribution < 1.29 is 26.5 Å². The van der Waals surface area contributed by atoms with E-state index in [1.54, 1.807) is 18.3 Å². The van der Waals surface area contributed by atoms with Gasteiger partial charge in [-0.1, -0.05) is 5.16 Å². The van der Waals surface area contributed by atoms with Crippen LogP contribution >= 0.6 is 0 Å². The van der Waals surface area contributed by atoms with E-state index in [0.717, 1.165) is 4.31 Å². The van der Waals surface area contributed by atoms with E-state index >= 15 is 0 Å². The summed E-state index contributed by atoms with van der Waals surface area (Å²) < 4.78 is 64.7. The summed E-state index contributed by atoms with van der Waals surface area (Å²) in [6, 6.07) is 2.25. The molecule has 7 nitrogen and oxygen atoms in total. The first-order valence-electron chi connectivity index (χ1n) is 7.56. The number of hydrogen-bond acceptors (Lipinski definition) is 6. The maximum Gasteiger partial charge on any atom is 0.263 e. The van der Waals surface area contributed by atoms with Crippen LogP contribution in [-0.4, -0.2) is 48.0 Å². The molecule has 0 bridgehead atoms. The van der Waals surface area contributed by atoms with Crippen molar-refractivity contribution in [1.29, 1.82) is 0 Å². The topological polar surface area (TPSA) is 85.5 Å². The fourth-order valence-corrected chi connectivity index (χ4v) is 4.81. The Kier molecular flexibility index (Phi) is 4.50. The Hall–Kier alpha value is -2.07. The summed E-state index contributed by atoms with van der Waals surface area (Å²) in [6.07, 6.45) is 2.36. The zero-order chi connectivity index (χ0) is 18.2. The van der Waals surface area contributed by atoms with Gasteiger partial charge in [0.25, 0.3) is 5.92 Å². The first kappa shape index (κ1) is 17.7. The standard InChI is InChI=1S/C15H17F2N3O4S/c1-10-14(11(2)24-19-10)25(21,22)20-9-15(16,17)6-12(20)8-23-13-4-3-5-18-7-13/h3-5,7,12H,6,8-9H2,1-2H3/t12-/m0/s1. The van der Waals surface area contributed by atoms with Gasteiger partial charge in [-0.2, -0.15) is 4.31 Å². The monoisotopic (exact) mass is 373 g/mol. The van der Waals surface area contributed by atoms with Crippen molar-refractivity contribution in [2.24, 2.45) is 0 Å². The zero-order valence-corrected chi connectivity index (χ0v) is 14.5. The smallest absolute Gasteiger partial charge is 0.263 e. The lowest BCUT2D eigenvalue weighted by Gasteiger charge is -2.23. The van der Waals surface area contributed by atoms with Crippen molar-refractivity contribution in [2.45, 2.75) is 37.1 Å². The highest BCUT2D eigenvalue weighted by Gasteiger charge is 2.51. The van der Waals surface area contributed by atoms with Gasteiger partial charge in [-0.3, -0.25) is 4.98 Å². The summed E-state index contributed by atoms with van der Waals surface area (Å²) in [6.45, 7) is 1.78. The predicted octanol–water partition coefficient (Wildman–Crippen LogP) is 2.16. The molecule has 0 radical (unpaired) electrons. The SMILES string of the molecule is Cc1noc(C)c1S(=O)(=O)N1CC(F)(F)C[C@H]1COc1cccnc1. The van der Waals surface area contributed by atoms with Crippen LogP contribution in [0.15, 0.2) is 33.9 Å². The molecule has 136 valence electrons. The molecule has 1 atom stereocenters. The summed E-state index contributed by atoms with van der Waals surface area (Å²) in [7, 11) is -4.18. The number of ether oxygens (including phenoxy) is 1. The molecule has 2 aromatic rings. The molecule has 3 rings (SSSR count). The second kappa shape index (κ2) is 6.34. The highest BCUT2D eigenvalue weighted by molar-refractivity contribution is 7.89. The van der Waals surface area contributed by atoms with Gasteiger partial charge in [-0.15, -0.1) is 0 Å². The van der Waals surface area contributed by atoms with Crippen LogP contribution in [0.1, 0.15) is 17.9 Å². The van der Waals surface area contributed by atoms with Crippen LogP contribution in [0, 0.1) is 13.8 Å². The predicted molar refractivity (Wildman–Crippen MR) is 83.0 cm³/mol. The van der Waals surface area contributed by atoms with Gasteiger partial charge in [0.15, 0.2) is 5.76 Å². The molecular weight excluding hydrogens is 356 g/mol. The molecule has 3 heterocycles.